The number of nitrogen functional groups attached to an aromatic ring is 1. The number of ether oxygens (including phenoxy) is 1. The van der Waals surface area contributed by atoms with Crippen molar-refractivity contribution >= 4 is 17.4 Å². The Balaban J connectivity index is 1.23. The number of rotatable bonds is 5. The predicted molar refractivity (Wildman–Crippen MR) is 159 cm³/mol. The number of halogens is 1. The topological polar surface area (TPSA) is 113 Å². The maximum atomic E-state index is 14.3. The molecule has 3 aliphatic heterocycles. The summed E-state index contributed by atoms with van der Waals surface area (Å²) in [6.45, 7) is 6.80. The Kier molecular flexibility index (Phi) is 8.11. The SMILES string of the molecule is Nc1nn2cc(F)cnc2c1C(=O)NC1C(N2CCN(C3COC3)CC2)C(C2CC2)CNC12CCCCCCCCC2. The molecule has 2 aromatic rings. The fourth-order valence-corrected chi connectivity index (χ4v) is 8.37. The second kappa shape index (κ2) is 12.0. The highest BCUT2D eigenvalue weighted by Crippen LogP contribution is 2.46. The summed E-state index contributed by atoms with van der Waals surface area (Å²) in [7, 11) is 0. The van der Waals surface area contributed by atoms with Crippen LogP contribution in [0.15, 0.2) is 12.4 Å². The Hall–Kier alpha value is -2.34. The smallest absolute Gasteiger partial charge is 0.259 e. The first kappa shape index (κ1) is 28.4. The molecular formula is C31H47FN8O2. The van der Waals surface area contributed by atoms with E-state index in [9.17, 15) is 9.18 Å². The van der Waals surface area contributed by atoms with Gasteiger partial charge in [-0.2, -0.15) is 0 Å². The molecule has 3 atom stereocenters. The van der Waals surface area contributed by atoms with Crippen LogP contribution in [0.25, 0.3) is 5.65 Å². The summed E-state index contributed by atoms with van der Waals surface area (Å²) >= 11 is 0. The Morgan fingerprint density at radius 2 is 1.69 bits per heavy atom. The number of nitrogens with one attached hydrogen (secondary N) is 2. The summed E-state index contributed by atoms with van der Waals surface area (Å²) in [5.41, 5.74) is 6.65. The second-order valence-corrected chi connectivity index (χ2v) is 13.5. The number of piperidine rings is 1. The summed E-state index contributed by atoms with van der Waals surface area (Å²) in [5.74, 6) is 0.498. The van der Waals surface area contributed by atoms with Gasteiger partial charge in [-0.05, 0) is 37.5 Å². The fraction of sp³-hybridized carbons (Fsp3) is 0.774. The van der Waals surface area contributed by atoms with E-state index in [1.54, 1.807) is 0 Å². The standard InChI is InChI=1S/C31H47FN8O2/c32-22-16-34-29-25(28(33)37-40(29)18-22)30(41)36-27-26(39-14-12-38(13-15-39)23-19-42-20-23)24(21-8-9-21)17-35-31(27)10-6-4-2-1-3-5-7-11-31/h16,18,21,23-24,26-27,35H,1-15,17,19-20H2,(H2,33,37)(H,36,41). The Labute approximate surface area is 247 Å². The molecule has 5 fully saturated rings. The lowest BCUT2D eigenvalue weighted by molar-refractivity contribution is -0.0885. The molecule has 3 unspecified atom stereocenters. The van der Waals surface area contributed by atoms with Gasteiger partial charge in [-0.15, -0.1) is 5.10 Å². The van der Waals surface area contributed by atoms with Crippen molar-refractivity contribution in [2.45, 2.75) is 94.3 Å². The van der Waals surface area contributed by atoms with Gasteiger partial charge in [0.2, 0.25) is 0 Å². The van der Waals surface area contributed by atoms with E-state index in [1.807, 2.05) is 0 Å². The third kappa shape index (κ3) is 5.53. The number of carbonyl (C=O) groups is 1. The number of fused-ring (bicyclic) bond motifs is 1. The number of nitrogens with two attached hydrogens (primary N) is 1. The zero-order valence-corrected chi connectivity index (χ0v) is 24.8. The van der Waals surface area contributed by atoms with Gasteiger partial charge in [-0.3, -0.25) is 14.6 Å². The van der Waals surface area contributed by atoms with E-state index in [4.69, 9.17) is 10.5 Å². The van der Waals surface area contributed by atoms with Crippen molar-refractivity contribution in [3.8, 4) is 0 Å². The Morgan fingerprint density at radius 3 is 2.33 bits per heavy atom. The van der Waals surface area contributed by atoms with Crippen LogP contribution < -0.4 is 16.4 Å². The normalized spacial score (nSPS) is 30.3. The fourth-order valence-electron chi connectivity index (χ4n) is 8.37. The largest absolute Gasteiger partial charge is 0.381 e. The number of amides is 1. The first-order valence-corrected chi connectivity index (χ1v) is 16.4. The van der Waals surface area contributed by atoms with Crippen molar-refractivity contribution < 1.29 is 13.9 Å². The zero-order chi connectivity index (χ0) is 28.7. The highest BCUT2D eigenvalue weighted by atomic mass is 19.1. The molecule has 0 bridgehead atoms. The molecule has 5 heterocycles. The Morgan fingerprint density at radius 1 is 1.02 bits per heavy atom. The maximum Gasteiger partial charge on any atom is 0.259 e. The van der Waals surface area contributed by atoms with Gasteiger partial charge in [0.1, 0.15) is 5.56 Å². The van der Waals surface area contributed by atoms with Crippen LogP contribution in [0.2, 0.25) is 0 Å². The predicted octanol–water partition coefficient (Wildman–Crippen LogP) is 2.83. The van der Waals surface area contributed by atoms with Crippen molar-refractivity contribution in [1.29, 1.82) is 0 Å². The van der Waals surface area contributed by atoms with Crippen LogP contribution in [0.4, 0.5) is 10.2 Å². The Bertz CT molecular complexity index is 1250. The minimum absolute atomic E-state index is 0.0721. The monoisotopic (exact) mass is 582 g/mol. The van der Waals surface area contributed by atoms with E-state index in [2.05, 4.69) is 30.5 Å². The minimum Gasteiger partial charge on any atom is -0.381 e. The molecule has 0 radical (unpaired) electrons. The molecule has 3 saturated heterocycles. The summed E-state index contributed by atoms with van der Waals surface area (Å²) in [6.07, 6.45) is 15.7. The van der Waals surface area contributed by atoms with Crippen molar-refractivity contribution in [2.24, 2.45) is 11.8 Å². The molecule has 42 heavy (non-hydrogen) atoms. The number of carbonyl (C=O) groups excluding carboxylic acids is 1. The summed E-state index contributed by atoms with van der Waals surface area (Å²) in [5, 5.41) is 11.9. The van der Waals surface area contributed by atoms with Crippen molar-refractivity contribution in [2.75, 3.05) is 51.7 Å². The maximum absolute atomic E-state index is 14.3. The molecule has 0 aromatic carbocycles. The average Bonchev–Trinajstić information content (AvgIpc) is 3.74. The molecule has 11 heteroatoms. The summed E-state index contributed by atoms with van der Waals surface area (Å²) in [4.78, 5) is 23.8. The molecule has 230 valence electrons. The van der Waals surface area contributed by atoms with Crippen molar-refractivity contribution in [3.05, 3.63) is 23.8 Å². The van der Waals surface area contributed by atoms with Crippen LogP contribution >= 0.6 is 0 Å². The van der Waals surface area contributed by atoms with Gasteiger partial charge in [0.05, 0.1) is 37.7 Å². The van der Waals surface area contributed by atoms with E-state index in [0.29, 0.717) is 23.5 Å². The number of anilines is 1. The van der Waals surface area contributed by atoms with E-state index >= 15 is 0 Å². The molecule has 10 nitrogen and oxygen atoms in total. The van der Waals surface area contributed by atoms with Crippen LogP contribution in [0.5, 0.6) is 0 Å². The highest BCUT2D eigenvalue weighted by molar-refractivity contribution is 6.04. The van der Waals surface area contributed by atoms with E-state index in [-0.39, 0.29) is 34.9 Å². The minimum atomic E-state index is -0.520. The van der Waals surface area contributed by atoms with Crippen LogP contribution in [-0.2, 0) is 4.74 Å². The van der Waals surface area contributed by atoms with E-state index in [1.165, 1.54) is 55.7 Å². The number of hydrogen-bond acceptors (Lipinski definition) is 8. The van der Waals surface area contributed by atoms with Crippen LogP contribution in [0, 0.1) is 17.7 Å². The molecule has 4 N–H and O–H groups in total. The van der Waals surface area contributed by atoms with Crippen LogP contribution in [-0.4, -0.2) is 99.9 Å². The van der Waals surface area contributed by atoms with Crippen molar-refractivity contribution in [3.63, 3.8) is 0 Å². The van der Waals surface area contributed by atoms with E-state index < -0.39 is 5.82 Å². The molecule has 2 aliphatic carbocycles. The molecule has 1 amide bonds. The van der Waals surface area contributed by atoms with Gasteiger partial charge in [-0.25, -0.2) is 13.9 Å². The van der Waals surface area contributed by atoms with Gasteiger partial charge in [-0.1, -0.05) is 44.9 Å². The molecule has 1 spiro atoms. The molecular weight excluding hydrogens is 535 g/mol. The number of piperazine rings is 1. The quantitative estimate of drug-likeness (QED) is 0.494. The van der Waals surface area contributed by atoms with Crippen LogP contribution in [0.1, 0.15) is 81.0 Å². The van der Waals surface area contributed by atoms with Gasteiger partial charge < -0.3 is 21.1 Å². The average molecular weight is 583 g/mol. The van der Waals surface area contributed by atoms with Crippen molar-refractivity contribution in [1.82, 2.24) is 35.0 Å². The number of hydrogen-bond donors (Lipinski definition) is 3. The molecule has 7 rings (SSSR count). The molecule has 5 aliphatic rings. The number of nitrogens with zero attached hydrogens (tertiary/aromatic N) is 5. The summed E-state index contributed by atoms with van der Waals surface area (Å²) < 4.78 is 20.7. The lowest BCUT2D eigenvalue weighted by Gasteiger charge is -2.57. The highest BCUT2D eigenvalue weighted by Gasteiger charge is 2.54. The first-order chi connectivity index (χ1) is 20.5. The first-order valence-electron chi connectivity index (χ1n) is 16.4. The number of aromatic nitrogens is 3. The third-order valence-electron chi connectivity index (χ3n) is 10.9. The molecule has 2 aromatic heterocycles. The van der Waals surface area contributed by atoms with Crippen LogP contribution in [0.3, 0.4) is 0 Å². The van der Waals surface area contributed by atoms with E-state index in [0.717, 1.165) is 77.8 Å². The summed E-state index contributed by atoms with van der Waals surface area (Å²) in [6, 6.07) is 0.728. The van der Waals surface area contributed by atoms with Gasteiger partial charge in [0.25, 0.3) is 5.91 Å². The van der Waals surface area contributed by atoms with Gasteiger partial charge >= 0.3 is 0 Å². The lowest BCUT2D eigenvalue weighted by Crippen LogP contribution is -2.76. The second-order valence-electron chi connectivity index (χ2n) is 13.5. The third-order valence-corrected chi connectivity index (χ3v) is 10.9. The van der Waals surface area contributed by atoms with Gasteiger partial charge in [0, 0.05) is 44.3 Å². The zero-order valence-electron chi connectivity index (χ0n) is 24.8. The molecule has 2 saturated carbocycles. The lowest BCUT2D eigenvalue weighted by atomic mass is 9.68. The van der Waals surface area contributed by atoms with Gasteiger partial charge in [0.15, 0.2) is 17.3 Å².